The maximum Gasteiger partial charge on any atom is 0.305 e. The Kier molecular flexibility index (Phi) is 4.29. The predicted molar refractivity (Wildman–Crippen MR) is 41.7 cm³/mol. The summed E-state index contributed by atoms with van der Waals surface area (Å²) in [5.41, 5.74) is 0. The van der Waals surface area contributed by atoms with Crippen LogP contribution in [0.5, 0.6) is 0 Å². The lowest BCUT2D eigenvalue weighted by molar-refractivity contribution is -0.137. The van der Waals surface area contributed by atoms with Crippen LogP contribution in [0.3, 0.4) is 0 Å². The van der Waals surface area contributed by atoms with Crippen LogP contribution in [-0.2, 0) is 11.3 Å². The number of carboxylic acid groups (broad SMARTS) is 1. The zero-order valence-electron chi connectivity index (χ0n) is 5.80. The van der Waals surface area contributed by atoms with Crippen molar-refractivity contribution in [3.05, 3.63) is 18.5 Å². The Morgan fingerprint density at radius 1 is 1.64 bits per heavy atom. The van der Waals surface area contributed by atoms with Crippen molar-refractivity contribution in [2.24, 2.45) is 0 Å². The molecule has 1 aromatic heterocycles. The highest BCUT2D eigenvalue weighted by molar-refractivity contribution is 5.85. The minimum atomic E-state index is -0.796. The zero-order valence-corrected chi connectivity index (χ0v) is 6.62. The summed E-state index contributed by atoms with van der Waals surface area (Å²) < 4.78 is 1.59. The van der Waals surface area contributed by atoms with E-state index in [1.54, 1.807) is 23.1 Å². The Morgan fingerprint density at radius 3 is 2.82 bits per heavy atom. The molecular weight excluding hydrogens is 168 g/mol. The molecule has 4 nitrogen and oxygen atoms in total. The van der Waals surface area contributed by atoms with Crippen molar-refractivity contribution >= 4 is 18.4 Å². The molecule has 0 spiro atoms. The number of hydrogen-bond donors (Lipinski definition) is 1. The van der Waals surface area contributed by atoms with Gasteiger partial charge in [-0.3, -0.25) is 9.48 Å². The van der Waals surface area contributed by atoms with Crippen LogP contribution < -0.4 is 0 Å². The van der Waals surface area contributed by atoms with Crippen LogP contribution in [-0.4, -0.2) is 20.9 Å². The van der Waals surface area contributed by atoms with Crippen molar-refractivity contribution in [2.45, 2.75) is 13.0 Å². The van der Waals surface area contributed by atoms with Crippen molar-refractivity contribution in [3.63, 3.8) is 0 Å². The fraction of sp³-hybridized carbons (Fsp3) is 0.333. The smallest absolute Gasteiger partial charge is 0.305 e. The average molecular weight is 177 g/mol. The zero-order chi connectivity index (χ0) is 7.40. The van der Waals surface area contributed by atoms with Gasteiger partial charge in [0.15, 0.2) is 0 Å². The summed E-state index contributed by atoms with van der Waals surface area (Å²) in [7, 11) is 0. The summed E-state index contributed by atoms with van der Waals surface area (Å²) >= 11 is 0. The lowest BCUT2D eigenvalue weighted by Crippen LogP contribution is -2.04. The summed E-state index contributed by atoms with van der Waals surface area (Å²) in [6.07, 6.45) is 3.49. The number of aromatic nitrogens is 2. The highest BCUT2D eigenvalue weighted by Gasteiger charge is 1.95. The largest absolute Gasteiger partial charge is 0.481 e. The van der Waals surface area contributed by atoms with E-state index in [0.717, 1.165) is 0 Å². The van der Waals surface area contributed by atoms with Gasteiger partial charge in [-0.2, -0.15) is 5.10 Å². The molecule has 11 heavy (non-hydrogen) atoms. The number of rotatable bonds is 3. The fourth-order valence-electron chi connectivity index (χ4n) is 0.643. The van der Waals surface area contributed by atoms with Crippen LogP contribution in [0.1, 0.15) is 6.42 Å². The number of carboxylic acids is 1. The van der Waals surface area contributed by atoms with Gasteiger partial charge in [-0.05, 0) is 6.07 Å². The second kappa shape index (κ2) is 4.73. The number of aryl methyl sites for hydroxylation is 1. The minimum absolute atomic E-state index is 0. The highest BCUT2D eigenvalue weighted by Crippen LogP contribution is 1.87. The first kappa shape index (κ1) is 9.97. The molecule has 0 amide bonds. The molecule has 0 bridgehead atoms. The predicted octanol–water partition coefficient (Wildman–Crippen LogP) is 0.780. The van der Waals surface area contributed by atoms with Crippen molar-refractivity contribution in [1.82, 2.24) is 9.78 Å². The number of nitrogens with zero attached hydrogens (tertiary/aromatic N) is 2. The Bertz CT molecular complexity index is 210. The molecule has 1 N–H and O–H groups in total. The number of hydrogen-bond acceptors (Lipinski definition) is 2. The molecule has 0 aliphatic heterocycles. The molecule has 0 aliphatic rings. The van der Waals surface area contributed by atoms with Crippen LogP contribution in [0.25, 0.3) is 0 Å². The molecule has 0 fully saturated rings. The van der Waals surface area contributed by atoms with Crippen molar-refractivity contribution in [3.8, 4) is 0 Å². The van der Waals surface area contributed by atoms with Gasteiger partial charge < -0.3 is 5.11 Å². The molecule has 0 aromatic carbocycles. The molecular formula is C6H9ClN2O2. The maximum absolute atomic E-state index is 10.1. The number of halogens is 1. The van der Waals surface area contributed by atoms with Crippen LogP contribution in [0.15, 0.2) is 18.5 Å². The second-order valence-corrected chi connectivity index (χ2v) is 1.91. The third-order valence-corrected chi connectivity index (χ3v) is 1.11. The van der Waals surface area contributed by atoms with Crippen molar-refractivity contribution in [1.29, 1.82) is 0 Å². The quantitative estimate of drug-likeness (QED) is 0.741. The van der Waals surface area contributed by atoms with E-state index < -0.39 is 5.97 Å². The van der Waals surface area contributed by atoms with E-state index in [9.17, 15) is 4.79 Å². The first-order chi connectivity index (χ1) is 4.79. The van der Waals surface area contributed by atoms with Gasteiger partial charge in [-0.1, -0.05) is 0 Å². The van der Waals surface area contributed by atoms with Crippen molar-refractivity contribution < 1.29 is 9.90 Å². The first-order valence-electron chi connectivity index (χ1n) is 2.98. The van der Waals surface area contributed by atoms with Gasteiger partial charge in [-0.25, -0.2) is 0 Å². The fourth-order valence-corrected chi connectivity index (χ4v) is 0.643. The lowest BCUT2D eigenvalue weighted by Gasteiger charge is -1.94. The van der Waals surface area contributed by atoms with Gasteiger partial charge in [0.2, 0.25) is 0 Å². The van der Waals surface area contributed by atoms with Crippen LogP contribution in [0, 0.1) is 0 Å². The van der Waals surface area contributed by atoms with Gasteiger partial charge in [0.25, 0.3) is 0 Å². The monoisotopic (exact) mass is 176 g/mol. The maximum atomic E-state index is 10.1. The highest BCUT2D eigenvalue weighted by atomic mass is 35.5. The molecule has 0 unspecified atom stereocenters. The van der Waals surface area contributed by atoms with E-state index in [4.69, 9.17) is 5.11 Å². The molecule has 0 radical (unpaired) electrons. The van der Waals surface area contributed by atoms with Gasteiger partial charge in [0.05, 0.1) is 13.0 Å². The summed E-state index contributed by atoms with van der Waals surface area (Å²) in [6, 6.07) is 1.77. The van der Waals surface area contributed by atoms with Crippen LogP contribution in [0.2, 0.25) is 0 Å². The third-order valence-electron chi connectivity index (χ3n) is 1.11. The van der Waals surface area contributed by atoms with E-state index in [0.29, 0.717) is 6.54 Å². The van der Waals surface area contributed by atoms with E-state index in [1.807, 2.05) is 0 Å². The van der Waals surface area contributed by atoms with E-state index in [-0.39, 0.29) is 18.8 Å². The first-order valence-corrected chi connectivity index (χ1v) is 2.98. The Hall–Kier alpha value is -1.03. The summed E-state index contributed by atoms with van der Waals surface area (Å²) in [4.78, 5) is 10.1. The van der Waals surface area contributed by atoms with Gasteiger partial charge in [0.1, 0.15) is 0 Å². The standard InChI is InChI=1S/C6H8N2O2.ClH/c9-6(10)2-5-8-4-1-3-7-8;/h1,3-4H,2,5H2,(H,9,10);1H. The molecule has 1 rings (SSSR count). The number of carbonyl (C=O) groups is 1. The molecule has 0 atom stereocenters. The van der Waals surface area contributed by atoms with Crippen LogP contribution >= 0.6 is 12.4 Å². The molecule has 5 heteroatoms. The Balaban J connectivity index is 0.000001000. The number of aliphatic carboxylic acids is 1. The van der Waals surface area contributed by atoms with Crippen molar-refractivity contribution in [2.75, 3.05) is 0 Å². The Labute approximate surface area is 70.2 Å². The van der Waals surface area contributed by atoms with Gasteiger partial charge >= 0.3 is 5.97 Å². The third kappa shape index (κ3) is 3.62. The summed E-state index contributed by atoms with van der Waals surface area (Å²) in [6.45, 7) is 0.447. The average Bonchev–Trinajstić information content (AvgIpc) is 2.34. The normalized spacial score (nSPS) is 8.73. The van der Waals surface area contributed by atoms with Gasteiger partial charge in [-0.15, -0.1) is 12.4 Å². The minimum Gasteiger partial charge on any atom is -0.481 e. The molecule has 1 heterocycles. The van der Waals surface area contributed by atoms with Gasteiger partial charge in [0, 0.05) is 12.4 Å². The van der Waals surface area contributed by atoms with E-state index in [2.05, 4.69) is 5.10 Å². The molecule has 0 saturated carbocycles. The molecule has 0 saturated heterocycles. The molecule has 1 aromatic rings. The topological polar surface area (TPSA) is 55.1 Å². The lowest BCUT2D eigenvalue weighted by atomic mass is 10.4. The molecule has 0 aliphatic carbocycles. The summed E-state index contributed by atoms with van der Waals surface area (Å²) in [5.74, 6) is -0.796. The van der Waals surface area contributed by atoms with E-state index >= 15 is 0 Å². The SMILES string of the molecule is Cl.O=C(O)CCn1cccn1. The Morgan fingerprint density at radius 2 is 2.36 bits per heavy atom. The second-order valence-electron chi connectivity index (χ2n) is 1.91. The summed E-state index contributed by atoms with van der Waals surface area (Å²) in [5, 5.41) is 12.1. The van der Waals surface area contributed by atoms with Crippen LogP contribution in [0.4, 0.5) is 0 Å². The molecule has 62 valence electrons. The van der Waals surface area contributed by atoms with E-state index in [1.165, 1.54) is 0 Å².